The summed E-state index contributed by atoms with van der Waals surface area (Å²) in [5, 5.41) is 8.43. The second-order valence-electron chi connectivity index (χ2n) is 7.09. The molecular formula is C24H25N5O. The number of carbonyl (C=O) groups is 1. The number of hydrogen-bond acceptors (Lipinski definition) is 4. The van der Waals surface area contributed by atoms with Crippen LogP contribution in [0.5, 0.6) is 0 Å². The third-order valence-corrected chi connectivity index (χ3v) is 5.31. The third-order valence-electron chi connectivity index (χ3n) is 5.31. The fourth-order valence-corrected chi connectivity index (χ4v) is 3.58. The number of amides is 1. The monoisotopic (exact) mass is 399 g/mol. The molecular weight excluding hydrogens is 374 g/mol. The van der Waals surface area contributed by atoms with Gasteiger partial charge in [0, 0.05) is 29.9 Å². The van der Waals surface area contributed by atoms with Gasteiger partial charge in [0.15, 0.2) is 5.82 Å². The minimum Gasteiger partial charge on any atom is -0.372 e. The van der Waals surface area contributed by atoms with E-state index in [0.29, 0.717) is 11.4 Å². The van der Waals surface area contributed by atoms with Gasteiger partial charge in [-0.1, -0.05) is 18.2 Å². The molecule has 0 unspecified atom stereocenters. The lowest BCUT2D eigenvalue weighted by atomic mass is 10.2. The average molecular weight is 399 g/mol. The molecule has 0 aliphatic carbocycles. The van der Waals surface area contributed by atoms with Crippen LogP contribution in [0.1, 0.15) is 29.9 Å². The predicted molar refractivity (Wildman–Crippen MR) is 122 cm³/mol. The molecule has 6 nitrogen and oxygen atoms in total. The highest BCUT2D eigenvalue weighted by molar-refractivity contribution is 6.05. The van der Waals surface area contributed by atoms with Crippen molar-refractivity contribution in [1.82, 2.24) is 14.8 Å². The van der Waals surface area contributed by atoms with E-state index in [2.05, 4.69) is 34.1 Å². The molecule has 0 bridgehead atoms. The Morgan fingerprint density at radius 2 is 1.73 bits per heavy atom. The standard InChI is InChI=1S/C24H25N5O/c1-4-28(5-2)20-13-11-19(12-14-20)26-24(30)21-16-25-29(17(21)3)23-15-10-18-8-6-7-9-22(18)27-23/h6-16H,4-5H2,1-3H3,(H,26,30). The van der Waals surface area contributed by atoms with Crippen molar-refractivity contribution in [2.24, 2.45) is 0 Å². The molecule has 2 aromatic carbocycles. The van der Waals surface area contributed by atoms with Crippen molar-refractivity contribution >= 4 is 28.2 Å². The highest BCUT2D eigenvalue weighted by Gasteiger charge is 2.16. The Labute approximate surface area is 176 Å². The van der Waals surface area contributed by atoms with Crippen molar-refractivity contribution in [3.05, 3.63) is 78.1 Å². The van der Waals surface area contributed by atoms with Gasteiger partial charge < -0.3 is 10.2 Å². The highest BCUT2D eigenvalue weighted by Crippen LogP contribution is 2.20. The van der Waals surface area contributed by atoms with Crippen molar-refractivity contribution in [3.63, 3.8) is 0 Å². The lowest BCUT2D eigenvalue weighted by Gasteiger charge is -2.21. The first-order valence-corrected chi connectivity index (χ1v) is 10.2. The maximum Gasteiger partial charge on any atom is 0.259 e. The van der Waals surface area contributed by atoms with Gasteiger partial charge in [-0.25, -0.2) is 9.67 Å². The molecule has 0 aliphatic rings. The number of aromatic nitrogens is 3. The normalized spacial score (nSPS) is 10.9. The van der Waals surface area contributed by atoms with E-state index in [-0.39, 0.29) is 5.91 Å². The molecule has 2 heterocycles. The summed E-state index contributed by atoms with van der Waals surface area (Å²) in [4.78, 5) is 19.8. The summed E-state index contributed by atoms with van der Waals surface area (Å²) in [6, 6.07) is 19.8. The summed E-state index contributed by atoms with van der Waals surface area (Å²) < 4.78 is 1.70. The zero-order chi connectivity index (χ0) is 21.1. The molecule has 4 rings (SSSR count). The Kier molecular flexibility index (Phi) is 5.48. The van der Waals surface area contributed by atoms with E-state index in [1.807, 2.05) is 67.6 Å². The fraction of sp³-hybridized carbons (Fsp3) is 0.208. The number of anilines is 2. The summed E-state index contributed by atoms with van der Waals surface area (Å²) >= 11 is 0. The second-order valence-corrected chi connectivity index (χ2v) is 7.09. The van der Waals surface area contributed by atoms with Crippen molar-refractivity contribution in [2.75, 3.05) is 23.3 Å². The van der Waals surface area contributed by atoms with Crippen LogP contribution in [0.15, 0.2) is 66.9 Å². The maximum atomic E-state index is 12.8. The Balaban J connectivity index is 1.55. The minimum atomic E-state index is -0.185. The second kappa shape index (κ2) is 8.37. The number of pyridine rings is 1. The van der Waals surface area contributed by atoms with E-state index in [0.717, 1.165) is 41.1 Å². The van der Waals surface area contributed by atoms with E-state index in [4.69, 9.17) is 0 Å². The van der Waals surface area contributed by atoms with Crippen molar-refractivity contribution in [3.8, 4) is 5.82 Å². The van der Waals surface area contributed by atoms with Gasteiger partial charge in [-0.05, 0) is 63.2 Å². The quantitative estimate of drug-likeness (QED) is 0.505. The first-order chi connectivity index (χ1) is 14.6. The minimum absolute atomic E-state index is 0.185. The fourth-order valence-electron chi connectivity index (χ4n) is 3.58. The molecule has 2 aromatic heterocycles. The molecule has 0 saturated heterocycles. The number of hydrogen-bond donors (Lipinski definition) is 1. The Morgan fingerprint density at radius 1 is 1.00 bits per heavy atom. The van der Waals surface area contributed by atoms with Crippen LogP contribution in [0.25, 0.3) is 16.7 Å². The van der Waals surface area contributed by atoms with Gasteiger partial charge in [-0.3, -0.25) is 4.79 Å². The predicted octanol–water partition coefficient (Wildman–Crippen LogP) is 4.83. The van der Waals surface area contributed by atoms with Crippen LogP contribution in [0.2, 0.25) is 0 Å². The topological polar surface area (TPSA) is 63.1 Å². The maximum absolute atomic E-state index is 12.8. The SMILES string of the molecule is CCN(CC)c1ccc(NC(=O)c2cnn(-c3ccc4ccccc4n3)c2C)cc1. The Hall–Kier alpha value is -3.67. The molecule has 0 saturated carbocycles. The molecule has 1 amide bonds. The van der Waals surface area contributed by atoms with Gasteiger partial charge >= 0.3 is 0 Å². The zero-order valence-corrected chi connectivity index (χ0v) is 17.5. The Morgan fingerprint density at radius 3 is 2.47 bits per heavy atom. The Bertz CT molecular complexity index is 1180. The molecule has 0 atom stereocenters. The van der Waals surface area contributed by atoms with E-state index in [1.165, 1.54) is 0 Å². The molecule has 0 fully saturated rings. The van der Waals surface area contributed by atoms with E-state index in [1.54, 1.807) is 10.9 Å². The third kappa shape index (κ3) is 3.76. The number of para-hydroxylation sites is 1. The number of rotatable bonds is 6. The van der Waals surface area contributed by atoms with Gasteiger partial charge in [-0.15, -0.1) is 0 Å². The summed E-state index contributed by atoms with van der Waals surface area (Å²) in [5.74, 6) is 0.504. The van der Waals surface area contributed by atoms with Crippen molar-refractivity contribution in [2.45, 2.75) is 20.8 Å². The summed E-state index contributed by atoms with van der Waals surface area (Å²) in [6.45, 7) is 8.03. The van der Waals surface area contributed by atoms with Gasteiger partial charge in [-0.2, -0.15) is 5.10 Å². The van der Waals surface area contributed by atoms with Crippen LogP contribution in [0.4, 0.5) is 11.4 Å². The van der Waals surface area contributed by atoms with Gasteiger partial charge in [0.25, 0.3) is 5.91 Å². The number of nitrogens with one attached hydrogen (secondary N) is 1. The van der Waals surface area contributed by atoms with Gasteiger partial charge in [0.1, 0.15) is 0 Å². The molecule has 152 valence electrons. The first kappa shape index (κ1) is 19.6. The number of benzene rings is 2. The van der Waals surface area contributed by atoms with Crippen LogP contribution in [0, 0.1) is 6.92 Å². The molecule has 1 N–H and O–H groups in total. The summed E-state index contributed by atoms with van der Waals surface area (Å²) in [5.41, 5.74) is 4.06. The van der Waals surface area contributed by atoms with Crippen LogP contribution in [-0.2, 0) is 0 Å². The van der Waals surface area contributed by atoms with Gasteiger partial charge in [0.2, 0.25) is 0 Å². The first-order valence-electron chi connectivity index (χ1n) is 10.2. The smallest absolute Gasteiger partial charge is 0.259 e. The molecule has 0 spiro atoms. The molecule has 6 heteroatoms. The van der Waals surface area contributed by atoms with Crippen molar-refractivity contribution < 1.29 is 4.79 Å². The summed E-state index contributed by atoms with van der Waals surface area (Å²) in [7, 11) is 0. The lowest BCUT2D eigenvalue weighted by Crippen LogP contribution is -2.21. The van der Waals surface area contributed by atoms with Crippen LogP contribution in [-0.4, -0.2) is 33.8 Å². The number of carbonyl (C=O) groups excluding carboxylic acids is 1. The summed E-state index contributed by atoms with van der Waals surface area (Å²) in [6.07, 6.45) is 1.59. The van der Waals surface area contributed by atoms with Crippen LogP contribution < -0.4 is 10.2 Å². The molecule has 0 aliphatic heterocycles. The highest BCUT2D eigenvalue weighted by atomic mass is 16.1. The molecule has 4 aromatic rings. The van der Waals surface area contributed by atoms with E-state index < -0.39 is 0 Å². The largest absolute Gasteiger partial charge is 0.372 e. The number of fused-ring (bicyclic) bond motifs is 1. The van der Waals surface area contributed by atoms with E-state index in [9.17, 15) is 4.79 Å². The molecule has 30 heavy (non-hydrogen) atoms. The number of nitrogens with zero attached hydrogens (tertiary/aromatic N) is 4. The molecule has 0 radical (unpaired) electrons. The average Bonchev–Trinajstić information content (AvgIpc) is 3.17. The lowest BCUT2D eigenvalue weighted by molar-refractivity contribution is 0.102. The zero-order valence-electron chi connectivity index (χ0n) is 17.5. The van der Waals surface area contributed by atoms with E-state index >= 15 is 0 Å². The van der Waals surface area contributed by atoms with Gasteiger partial charge in [0.05, 0.1) is 23.0 Å². The van der Waals surface area contributed by atoms with Crippen LogP contribution >= 0.6 is 0 Å². The van der Waals surface area contributed by atoms with Crippen LogP contribution in [0.3, 0.4) is 0 Å². The van der Waals surface area contributed by atoms with Crippen molar-refractivity contribution in [1.29, 1.82) is 0 Å².